The molecule has 2 atom stereocenters. The van der Waals surface area contributed by atoms with Gasteiger partial charge >= 0.3 is 6.03 Å². The van der Waals surface area contributed by atoms with Gasteiger partial charge < -0.3 is 10.4 Å². The third-order valence-electron chi connectivity index (χ3n) is 8.13. The minimum atomic E-state index is -0.293. The number of carbonyl (C=O) groups excluding carboxylic acids is 1. The third kappa shape index (κ3) is 5.57. The molecule has 0 saturated carbocycles. The predicted octanol–water partition coefficient (Wildman–Crippen LogP) is 8.27. The van der Waals surface area contributed by atoms with Crippen LogP contribution in [0.25, 0.3) is 11.1 Å². The van der Waals surface area contributed by atoms with Crippen molar-refractivity contribution >= 4 is 52.2 Å². The standard InChI is InChI=1S/C33H30Cl3N3O2/c34-28-10-5-4-9-24(28)25-15-23(27-20-38(19-22(27)13-14-40)18-21-7-2-1-3-8-21)16-31-26(25)17-37-33(41)39(31)32-29(35)11-6-12-30(32)36/h1-12,15-16,22,27,40H,13-14,17-20H2,(H,37,41). The molecular weight excluding hydrogens is 577 g/mol. The van der Waals surface area contributed by atoms with Gasteiger partial charge in [-0.2, -0.15) is 0 Å². The number of nitrogens with one attached hydrogen (secondary N) is 1. The average molecular weight is 607 g/mol. The van der Waals surface area contributed by atoms with Crippen LogP contribution < -0.4 is 10.2 Å². The Balaban J connectivity index is 1.50. The van der Waals surface area contributed by atoms with E-state index in [-0.39, 0.29) is 24.5 Å². The summed E-state index contributed by atoms with van der Waals surface area (Å²) in [5.41, 5.74) is 6.33. The first-order chi connectivity index (χ1) is 19.9. The number of urea groups is 1. The Morgan fingerprint density at radius 2 is 1.54 bits per heavy atom. The summed E-state index contributed by atoms with van der Waals surface area (Å²) in [7, 11) is 0. The summed E-state index contributed by atoms with van der Waals surface area (Å²) < 4.78 is 0. The molecule has 210 valence electrons. The minimum Gasteiger partial charge on any atom is -0.396 e. The lowest BCUT2D eigenvalue weighted by molar-refractivity contribution is 0.246. The second-order valence-electron chi connectivity index (χ2n) is 10.7. The number of hydrogen-bond donors (Lipinski definition) is 2. The maximum atomic E-state index is 13.5. The first-order valence-corrected chi connectivity index (χ1v) is 14.9. The number of nitrogens with zero attached hydrogens (tertiary/aromatic N) is 2. The Morgan fingerprint density at radius 1 is 0.829 bits per heavy atom. The number of aliphatic hydroxyl groups is 1. The lowest BCUT2D eigenvalue weighted by Gasteiger charge is -2.34. The number of rotatable bonds is 7. The van der Waals surface area contributed by atoms with E-state index in [1.54, 1.807) is 23.1 Å². The van der Waals surface area contributed by atoms with Gasteiger partial charge in [0.2, 0.25) is 0 Å². The molecule has 0 spiro atoms. The molecule has 2 heterocycles. The molecule has 2 unspecified atom stereocenters. The molecule has 41 heavy (non-hydrogen) atoms. The van der Waals surface area contributed by atoms with Gasteiger partial charge in [-0.15, -0.1) is 0 Å². The molecule has 6 rings (SSSR count). The molecule has 0 aliphatic carbocycles. The molecule has 4 aromatic carbocycles. The Labute approximate surface area is 255 Å². The number of likely N-dealkylation sites (tertiary alicyclic amines) is 1. The van der Waals surface area contributed by atoms with Crippen LogP contribution >= 0.6 is 34.8 Å². The predicted molar refractivity (Wildman–Crippen MR) is 167 cm³/mol. The number of benzene rings is 4. The smallest absolute Gasteiger partial charge is 0.326 e. The van der Waals surface area contributed by atoms with Crippen LogP contribution in [-0.4, -0.2) is 35.7 Å². The van der Waals surface area contributed by atoms with Crippen LogP contribution in [0.2, 0.25) is 15.1 Å². The van der Waals surface area contributed by atoms with E-state index in [2.05, 4.69) is 46.6 Å². The van der Waals surface area contributed by atoms with Crippen LogP contribution in [0, 0.1) is 5.92 Å². The second-order valence-corrected chi connectivity index (χ2v) is 11.9. The van der Waals surface area contributed by atoms with E-state index in [0.29, 0.717) is 33.7 Å². The van der Waals surface area contributed by atoms with Gasteiger partial charge in [-0.1, -0.05) is 95.5 Å². The Kier molecular flexibility index (Phi) is 8.25. The Hall–Kier alpha value is -3.06. The zero-order valence-corrected chi connectivity index (χ0v) is 24.6. The van der Waals surface area contributed by atoms with E-state index in [1.807, 2.05) is 30.3 Å². The zero-order valence-electron chi connectivity index (χ0n) is 22.4. The number of carbonyl (C=O) groups is 1. The fraction of sp³-hybridized carbons (Fsp3) is 0.242. The summed E-state index contributed by atoms with van der Waals surface area (Å²) in [6.45, 7) is 3.01. The van der Waals surface area contributed by atoms with Crippen LogP contribution in [-0.2, 0) is 13.1 Å². The fourth-order valence-corrected chi connectivity index (χ4v) is 7.05. The van der Waals surface area contributed by atoms with Gasteiger partial charge in [0.1, 0.15) is 0 Å². The topological polar surface area (TPSA) is 55.8 Å². The Bertz CT molecular complexity index is 1560. The van der Waals surface area contributed by atoms with Gasteiger partial charge in [-0.05, 0) is 53.3 Å². The van der Waals surface area contributed by atoms with Crippen molar-refractivity contribution in [1.29, 1.82) is 0 Å². The van der Waals surface area contributed by atoms with Crippen molar-refractivity contribution in [2.75, 3.05) is 24.6 Å². The molecule has 1 fully saturated rings. The fourth-order valence-electron chi connectivity index (χ4n) is 6.24. The summed E-state index contributed by atoms with van der Waals surface area (Å²) in [6.07, 6.45) is 0.689. The molecule has 2 N–H and O–H groups in total. The van der Waals surface area contributed by atoms with E-state index in [0.717, 1.165) is 47.6 Å². The molecule has 2 aliphatic heterocycles. The molecule has 2 amide bonds. The highest BCUT2D eigenvalue weighted by Gasteiger charge is 2.37. The summed E-state index contributed by atoms with van der Waals surface area (Å²) in [6, 6.07) is 27.5. The van der Waals surface area contributed by atoms with Crippen LogP contribution in [0.4, 0.5) is 16.2 Å². The Morgan fingerprint density at radius 3 is 2.27 bits per heavy atom. The van der Waals surface area contributed by atoms with Crippen molar-refractivity contribution in [3.05, 3.63) is 117 Å². The van der Waals surface area contributed by atoms with Crippen LogP contribution in [0.3, 0.4) is 0 Å². The van der Waals surface area contributed by atoms with E-state index >= 15 is 0 Å². The molecule has 8 heteroatoms. The van der Waals surface area contributed by atoms with E-state index in [9.17, 15) is 9.90 Å². The number of halogens is 3. The highest BCUT2D eigenvalue weighted by atomic mass is 35.5. The maximum Gasteiger partial charge on any atom is 0.326 e. The van der Waals surface area contributed by atoms with Gasteiger partial charge in [0.05, 0.1) is 21.4 Å². The molecule has 2 aliphatic rings. The largest absolute Gasteiger partial charge is 0.396 e. The highest BCUT2D eigenvalue weighted by molar-refractivity contribution is 6.40. The first-order valence-electron chi connectivity index (χ1n) is 13.8. The van der Waals surface area contributed by atoms with Crippen molar-refractivity contribution in [1.82, 2.24) is 10.2 Å². The SMILES string of the molecule is O=C1NCc2c(-c3ccccc3Cl)cc(C3CN(Cc4ccccc4)CC3CCO)cc2N1c1c(Cl)cccc1Cl. The zero-order chi connectivity index (χ0) is 28.5. The summed E-state index contributed by atoms with van der Waals surface area (Å²) in [5, 5.41) is 14.4. The molecular formula is C33H30Cl3N3O2. The van der Waals surface area contributed by atoms with Crippen molar-refractivity contribution < 1.29 is 9.90 Å². The highest BCUT2D eigenvalue weighted by Crippen LogP contribution is 2.47. The minimum absolute atomic E-state index is 0.117. The second kappa shape index (κ2) is 12.0. The number of hydrogen-bond acceptors (Lipinski definition) is 3. The van der Waals surface area contributed by atoms with E-state index in [4.69, 9.17) is 34.8 Å². The van der Waals surface area contributed by atoms with Crippen LogP contribution in [0.15, 0.2) is 84.9 Å². The molecule has 0 bridgehead atoms. The number of anilines is 2. The lowest BCUT2D eigenvalue weighted by Crippen LogP contribution is -2.42. The van der Waals surface area contributed by atoms with Crippen molar-refractivity contribution in [3.63, 3.8) is 0 Å². The molecule has 5 nitrogen and oxygen atoms in total. The molecule has 1 saturated heterocycles. The summed E-state index contributed by atoms with van der Waals surface area (Å²) >= 11 is 20.0. The first kappa shape index (κ1) is 28.1. The van der Waals surface area contributed by atoms with Gasteiger partial charge in [0, 0.05) is 54.9 Å². The molecule has 4 aromatic rings. The monoisotopic (exact) mass is 605 g/mol. The van der Waals surface area contributed by atoms with Gasteiger partial charge in [0.25, 0.3) is 0 Å². The van der Waals surface area contributed by atoms with Crippen LogP contribution in [0.1, 0.15) is 29.0 Å². The van der Waals surface area contributed by atoms with Crippen molar-refractivity contribution in [2.45, 2.75) is 25.4 Å². The molecule has 0 aromatic heterocycles. The van der Waals surface area contributed by atoms with Gasteiger partial charge in [0.15, 0.2) is 0 Å². The van der Waals surface area contributed by atoms with Crippen molar-refractivity contribution in [3.8, 4) is 11.1 Å². The number of para-hydroxylation sites is 1. The summed E-state index contributed by atoms with van der Waals surface area (Å²) in [5.74, 6) is 0.390. The number of aliphatic hydroxyl groups excluding tert-OH is 1. The van der Waals surface area contributed by atoms with Crippen molar-refractivity contribution in [2.24, 2.45) is 5.92 Å². The number of fused-ring (bicyclic) bond motifs is 1. The van der Waals surface area contributed by atoms with E-state index < -0.39 is 0 Å². The quantitative estimate of drug-likeness (QED) is 0.223. The van der Waals surface area contributed by atoms with Crippen LogP contribution in [0.5, 0.6) is 0 Å². The normalized spacial score (nSPS) is 18.8. The van der Waals surface area contributed by atoms with E-state index in [1.165, 1.54) is 5.56 Å². The van der Waals surface area contributed by atoms with Gasteiger partial charge in [-0.25, -0.2) is 4.79 Å². The summed E-state index contributed by atoms with van der Waals surface area (Å²) in [4.78, 5) is 17.5. The number of amides is 2. The average Bonchev–Trinajstić information content (AvgIpc) is 3.36. The molecule has 0 radical (unpaired) electrons. The third-order valence-corrected chi connectivity index (χ3v) is 9.07. The maximum absolute atomic E-state index is 13.5. The van der Waals surface area contributed by atoms with Gasteiger partial charge in [-0.3, -0.25) is 9.80 Å². The lowest BCUT2D eigenvalue weighted by atomic mass is 9.83.